The maximum Gasteiger partial charge on any atom is 0.326 e. The van der Waals surface area contributed by atoms with E-state index in [0.717, 1.165) is 0 Å². The Morgan fingerprint density at radius 3 is 1.35 bits per heavy atom. The Balaban J connectivity index is 6.16. The van der Waals surface area contributed by atoms with Crippen LogP contribution in [0, 0.1) is 5.92 Å². The minimum absolute atomic E-state index is 0.0397. The van der Waals surface area contributed by atoms with Crippen LogP contribution in [0.5, 0.6) is 0 Å². The van der Waals surface area contributed by atoms with Crippen LogP contribution >= 0.6 is 0 Å². The summed E-state index contributed by atoms with van der Waals surface area (Å²) in [6.45, 7) is 3.82. The number of carbonyl (C=O) groups is 9. The molecule has 6 atom stereocenters. The predicted octanol–water partition coefficient (Wildman–Crippen LogP) is -3.06. The van der Waals surface area contributed by atoms with Gasteiger partial charge in [-0.3, -0.25) is 38.4 Å². The van der Waals surface area contributed by atoms with E-state index in [0.29, 0.717) is 32.2 Å². The Kier molecular flexibility index (Phi) is 22.8. The van der Waals surface area contributed by atoms with Crippen LogP contribution in [-0.2, 0) is 43.2 Å². The molecule has 0 radical (unpaired) electrons. The van der Waals surface area contributed by atoms with E-state index in [4.69, 9.17) is 22.3 Å². The molecule has 15 N–H and O–H groups in total. The Morgan fingerprint density at radius 2 is 0.923 bits per heavy atom. The zero-order chi connectivity index (χ0) is 40.0. The van der Waals surface area contributed by atoms with Crippen LogP contribution in [-0.4, -0.2) is 123 Å². The van der Waals surface area contributed by atoms with E-state index >= 15 is 0 Å². The van der Waals surface area contributed by atoms with Gasteiger partial charge in [0.1, 0.15) is 30.2 Å². The van der Waals surface area contributed by atoms with Crippen LogP contribution < -0.4 is 43.8 Å². The summed E-state index contributed by atoms with van der Waals surface area (Å²) < 4.78 is 0. The van der Waals surface area contributed by atoms with Crippen molar-refractivity contribution in [1.29, 1.82) is 0 Å². The number of hydrogen-bond donors (Lipinski definition) is 12. The summed E-state index contributed by atoms with van der Waals surface area (Å²) in [5, 5.41) is 48.7. The molecule has 0 spiro atoms. The first kappa shape index (κ1) is 47.1. The number of unbranched alkanes of at least 4 members (excludes halogenated alkanes) is 2. The molecule has 21 heteroatoms. The van der Waals surface area contributed by atoms with Gasteiger partial charge in [-0.15, -0.1) is 0 Å². The standard InChI is InChI=1S/C31H54N8O13/c1-16(2)25(39-26(46)17(34)7-3-5-13-32)30(50)36-19(10-12-23(42)43)28(48)38-21(15-24(44)45)29(49)35-18(9-11-22(40)41)27(47)37-20(31(51)52)8-4-6-14-33/h16-21,25H,3-15,32-34H2,1-2H3,(H,35,49)(H,36,50)(H,37,47)(H,38,48)(H,39,46)(H,40,41)(H,42,43)(H,44,45)(H,51,52)/t17-,18-,19-,20-,21-,25-/m0/s1. The highest BCUT2D eigenvalue weighted by Crippen LogP contribution is 2.09. The van der Waals surface area contributed by atoms with Gasteiger partial charge in [0.25, 0.3) is 0 Å². The van der Waals surface area contributed by atoms with Crippen molar-refractivity contribution in [3.05, 3.63) is 0 Å². The van der Waals surface area contributed by atoms with E-state index in [1.54, 1.807) is 13.8 Å². The first-order valence-electron chi connectivity index (χ1n) is 16.9. The summed E-state index contributed by atoms with van der Waals surface area (Å²) in [6.07, 6.45) is -1.32. The average Bonchev–Trinajstić information content (AvgIpc) is 3.05. The van der Waals surface area contributed by atoms with Crippen molar-refractivity contribution in [3.8, 4) is 0 Å². The predicted molar refractivity (Wildman–Crippen MR) is 182 cm³/mol. The number of amides is 5. The van der Waals surface area contributed by atoms with Crippen LogP contribution in [0.2, 0.25) is 0 Å². The molecule has 0 aromatic carbocycles. The van der Waals surface area contributed by atoms with Crippen LogP contribution in [0.4, 0.5) is 0 Å². The van der Waals surface area contributed by atoms with Gasteiger partial charge in [-0.25, -0.2) is 4.79 Å². The van der Waals surface area contributed by atoms with Crippen molar-refractivity contribution in [2.75, 3.05) is 13.1 Å². The maximum atomic E-state index is 13.4. The molecule has 5 amide bonds. The van der Waals surface area contributed by atoms with Gasteiger partial charge in [-0.05, 0) is 64.0 Å². The van der Waals surface area contributed by atoms with Gasteiger partial charge < -0.3 is 64.2 Å². The van der Waals surface area contributed by atoms with E-state index in [9.17, 15) is 58.5 Å². The highest BCUT2D eigenvalue weighted by atomic mass is 16.4. The third kappa shape index (κ3) is 19.5. The minimum Gasteiger partial charge on any atom is -0.481 e. The fourth-order valence-corrected chi connectivity index (χ4v) is 4.72. The molecular weight excluding hydrogens is 692 g/mol. The zero-order valence-electron chi connectivity index (χ0n) is 29.4. The third-order valence-electron chi connectivity index (χ3n) is 7.69. The monoisotopic (exact) mass is 746 g/mol. The summed E-state index contributed by atoms with van der Waals surface area (Å²) in [6, 6.07) is -8.95. The lowest BCUT2D eigenvalue weighted by Crippen LogP contribution is -2.60. The van der Waals surface area contributed by atoms with E-state index in [1.807, 2.05) is 0 Å². The van der Waals surface area contributed by atoms with Gasteiger partial charge in [-0.1, -0.05) is 20.3 Å². The normalized spacial score (nSPS) is 14.4. The van der Waals surface area contributed by atoms with Crippen LogP contribution in [0.25, 0.3) is 0 Å². The van der Waals surface area contributed by atoms with E-state index in [-0.39, 0.29) is 19.4 Å². The van der Waals surface area contributed by atoms with Crippen molar-refractivity contribution in [2.24, 2.45) is 23.1 Å². The maximum absolute atomic E-state index is 13.4. The lowest BCUT2D eigenvalue weighted by Gasteiger charge is -2.27. The van der Waals surface area contributed by atoms with Crippen LogP contribution in [0.15, 0.2) is 0 Å². The summed E-state index contributed by atoms with van der Waals surface area (Å²) >= 11 is 0. The highest BCUT2D eigenvalue weighted by molar-refractivity contribution is 5.97. The lowest BCUT2D eigenvalue weighted by molar-refractivity contribution is -0.144. The molecule has 0 aliphatic heterocycles. The Labute approximate surface area is 300 Å². The van der Waals surface area contributed by atoms with Crippen LogP contribution in [0.1, 0.15) is 84.5 Å². The topological polar surface area (TPSA) is 373 Å². The molecule has 0 heterocycles. The van der Waals surface area contributed by atoms with Crippen molar-refractivity contribution < 1.29 is 63.6 Å². The Bertz CT molecular complexity index is 1250. The lowest BCUT2D eigenvalue weighted by atomic mass is 10.0. The molecule has 0 aliphatic rings. The summed E-state index contributed by atoms with van der Waals surface area (Å²) in [5.41, 5.74) is 16.8. The van der Waals surface area contributed by atoms with E-state index in [2.05, 4.69) is 26.6 Å². The molecule has 0 saturated heterocycles. The average molecular weight is 747 g/mol. The summed E-state index contributed by atoms with van der Waals surface area (Å²) in [5.74, 6) is -11.4. The molecule has 0 bridgehead atoms. The SMILES string of the molecule is CC(C)[C@H](NC(=O)[C@@H](N)CCCCN)C(=O)N[C@@H](CCC(=O)O)C(=O)N[C@@H](CC(=O)O)C(=O)N[C@@H](CCC(=O)O)C(=O)N[C@@H](CCCCN)C(=O)O. The number of rotatable bonds is 28. The molecule has 0 aliphatic carbocycles. The Morgan fingerprint density at radius 1 is 0.500 bits per heavy atom. The molecule has 0 aromatic heterocycles. The number of carboxylic acids is 4. The molecule has 52 heavy (non-hydrogen) atoms. The first-order chi connectivity index (χ1) is 24.3. The molecule has 21 nitrogen and oxygen atoms in total. The smallest absolute Gasteiger partial charge is 0.326 e. The number of carboxylic acid groups (broad SMARTS) is 4. The molecule has 0 rings (SSSR count). The van der Waals surface area contributed by atoms with E-state index in [1.165, 1.54) is 0 Å². The minimum atomic E-state index is -1.94. The number of hydrogen-bond acceptors (Lipinski definition) is 12. The van der Waals surface area contributed by atoms with Crippen LogP contribution in [0.3, 0.4) is 0 Å². The number of nitrogens with one attached hydrogen (secondary N) is 5. The largest absolute Gasteiger partial charge is 0.481 e. The molecule has 296 valence electrons. The third-order valence-corrected chi connectivity index (χ3v) is 7.69. The Hall–Kier alpha value is -4.89. The molecule has 0 unspecified atom stereocenters. The van der Waals surface area contributed by atoms with Gasteiger partial charge in [0.05, 0.1) is 12.5 Å². The quantitative estimate of drug-likeness (QED) is 0.0354. The van der Waals surface area contributed by atoms with Gasteiger partial charge in [0.15, 0.2) is 0 Å². The fraction of sp³-hybridized carbons (Fsp3) is 0.710. The molecule has 0 saturated carbocycles. The van der Waals surface area contributed by atoms with Gasteiger partial charge in [0.2, 0.25) is 29.5 Å². The van der Waals surface area contributed by atoms with E-state index < -0.39 is 128 Å². The summed E-state index contributed by atoms with van der Waals surface area (Å²) in [4.78, 5) is 112. The fourth-order valence-electron chi connectivity index (χ4n) is 4.72. The van der Waals surface area contributed by atoms with Crippen molar-refractivity contribution >= 4 is 53.4 Å². The zero-order valence-corrected chi connectivity index (χ0v) is 29.4. The second-order valence-electron chi connectivity index (χ2n) is 12.5. The van der Waals surface area contributed by atoms with Gasteiger partial charge in [0, 0.05) is 12.8 Å². The summed E-state index contributed by atoms with van der Waals surface area (Å²) in [7, 11) is 0. The van der Waals surface area contributed by atoms with Gasteiger partial charge >= 0.3 is 23.9 Å². The first-order valence-corrected chi connectivity index (χ1v) is 16.9. The molecule has 0 fully saturated rings. The highest BCUT2D eigenvalue weighted by Gasteiger charge is 2.34. The number of nitrogens with two attached hydrogens (primary N) is 3. The van der Waals surface area contributed by atoms with Gasteiger partial charge in [-0.2, -0.15) is 0 Å². The second kappa shape index (κ2) is 25.1. The van der Waals surface area contributed by atoms with Crippen molar-refractivity contribution in [1.82, 2.24) is 26.6 Å². The molecule has 0 aromatic rings. The van der Waals surface area contributed by atoms with Crippen molar-refractivity contribution in [2.45, 2.75) is 121 Å². The van der Waals surface area contributed by atoms with Crippen molar-refractivity contribution in [3.63, 3.8) is 0 Å². The number of aliphatic carboxylic acids is 4. The molecular formula is C31H54N8O13. The number of carbonyl (C=O) groups excluding carboxylic acids is 5. The second-order valence-corrected chi connectivity index (χ2v) is 12.5.